The summed E-state index contributed by atoms with van der Waals surface area (Å²) in [6, 6.07) is 8.04. The zero-order valence-corrected chi connectivity index (χ0v) is 9.77. The second-order valence-electron chi connectivity index (χ2n) is 4.29. The number of hydrogen-bond donors (Lipinski definition) is 0. The van der Waals surface area contributed by atoms with Crippen LogP contribution < -0.4 is 0 Å². The molecule has 1 aromatic carbocycles. The molecule has 0 aliphatic carbocycles. The number of morpholine rings is 1. The van der Waals surface area contributed by atoms with Crippen LogP contribution in [0.2, 0.25) is 0 Å². The first-order valence-electron chi connectivity index (χ1n) is 5.60. The highest BCUT2D eigenvalue weighted by molar-refractivity contribution is 5.76. The van der Waals surface area contributed by atoms with E-state index in [2.05, 4.69) is 24.0 Å². The average molecular weight is 219 g/mol. The zero-order valence-electron chi connectivity index (χ0n) is 9.77. The molecule has 0 aromatic heterocycles. The van der Waals surface area contributed by atoms with Gasteiger partial charge in [-0.05, 0) is 31.5 Å². The van der Waals surface area contributed by atoms with Crippen molar-refractivity contribution in [3.63, 3.8) is 0 Å². The highest BCUT2D eigenvalue weighted by atomic mass is 16.5. The maximum absolute atomic E-state index is 11.7. The molecule has 0 amide bonds. The van der Waals surface area contributed by atoms with E-state index in [9.17, 15) is 4.79 Å². The fraction of sp³-hybridized carbons (Fsp3) is 0.462. The molecule has 0 bridgehead atoms. The lowest BCUT2D eigenvalue weighted by atomic mass is 10.00. The van der Waals surface area contributed by atoms with Gasteiger partial charge in [0, 0.05) is 6.54 Å². The number of aryl methyl sites for hydroxylation is 1. The van der Waals surface area contributed by atoms with Crippen LogP contribution in [0.1, 0.15) is 11.1 Å². The molecule has 0 radical (unpaired) electrons. The third kappa shape index (κ3) is 2.25. The van der Waals surface area contributed by atoms with Crippen LogP contribution in [-0.4, -0.2) is 37.1 Å². The van der Waals surface area contributed by atoms with Crippen molar-refractivity contribution in [3.05, 3.63) is 35.4 Å². The number of likely N-dealkylation sites (N-methyl/N-ethyl adjacent to an activating group) is 1. The van der Waals surface area contributed by atoms with Crippen molar-refractivity contribution in [3.8, 4) is 0 Å². The van der Waals surface area contributed by atoms with Crippen molar-refractivity contribution in [1.29, 1.82) is 0 Å². The normalized spacial score (nSPS) is 21.9. The summed E-state index contributed by atoms with van der Waals surface area (Å²) in [6.07, 6.45) is 0.738. The Hall–Kier alpha value is -1.35. The minimum Gasteiger partial charge on any atom is -0.463 e. The molecule has 1 aromatic rings. The molecule has 86 valence electrons. The van der Waals surface area contributed by atoms with Gasteiger partial charge in [0.2, 0.25) is 0 Å². The fourth-order valence-corrected chi connectivity index (χ4v) is 2.01. The van der Waals surface area contributed by atoms with Crippen LogP contribution in [0.4, 0.5) is 0 Å². The van der Waals surface area contributed by atoms with E-state index in [4.69, 9.17) is 4.74 Å². The summed E-state index contributed by atoms with van der Waals surface area (Å²) in [5, 5.41) is 0. The number of cyclic esters (lactones) is 1. The van der Waals surface area contributed by atoms with E-state index in [0.717, 1.165) is 13.0 Å². The molecule has 1 fully saturated rings. The lowest BCUT2D eigenvalue weighted by Crippen LogP contribution is -2.47. The Morgan fingerprint density at radius 2 is 2.19 bits per heavy atom. The molecule has 16 heavy (non-hydrogen) atoms. The summed E-state index contributed by atoms with van der Waals surface area (Å²) in [7, 11) is 1.98. The van der Waals surface area contributed by atoms with E-state index in [1.807, 2.05) is 19.2 Å². The first-order chi connectivity index (χ1) is 7.68. The molecular weight excluding hydrogens is 202 g/mol. The van der Waals surface area contributed by atoms with Crippen molar-refractivity contribution in [1.82, 2.24) is 4.90 Å². The smallest absolute Gasteiger partial charge is 0.323 e. The number of carbonyl (C=O) groups excluding carboxylic acids is 1. The van der Waals surface area contributed by atoms with E-state index >= 15 is 0 Å². The molecule has 0 spiro atoms. The molecule has 3 nitrogen and oxygen atoms in total. The van der Waals surface area contributed by atoms with E-state index in [1.54, 1.807) is 0 Å². The number of benzene rings is 1. The zero-order chi connectivity index (χ0) is 11.5. The molecular formula is C13H17NO2. The maximum atomic E-state index is 11.7. The molecule has 1 heterocycles. The summed E-state index contributed by atoms with van der Waals surface area (Å²) in [4.78, 5) is 13.7. The largest absolute Gasteiger partial charge is 0.463 e. The van der Waals surface area contributed by atoms with Crippen LogP contribution in [0.5, 0.6) is 0 Å². The Kier molecular flexibility index (Phi) is 3.25. The van der Waals surface area contributed by atoms with Crippen LogP contribution in [0.25, 0.3) is 0 Å². The molecule has 1 saturated heterocycles. The molecule has 1 aliphatic rings. The quantitative estimate of drug-likeness (QED) is 0.704. The number of ether oxygens (including phenoxy) is 1. The summed E-state index contributed by atoms with van der Waals surface area (Å²) in [5.41, 5.74) is 2.45. The molecule has 0 N–H and O–H groups in total. The van der Waals surface area contributed by atoms with Gasteiger partial charge >= 0.3 is 5.97 Å². The monoisotopic (exact) mass is 219 g/mol. The predicted molar refractivity (Wildman–Crippen MR) is 62.3 cm³/mol. The number of carbonyl (C=O) groups is 1. The standard InChI is InChI=1S/C13H17NO2/c1-10-5-3-4-6-11(10)9-12-13(15)16-8-7-14(12)2/h3-6,12H,7-9H2,1-2H3/t12-/m0/s1. The second kappa shape index (κ2) is 4.66. The number of esters is 1. The third-order valence-electron chi connectivity index (χ3n) is 3.17. The Bertz CT molecular complexity index is 389. The van der Waals surface area contributed by atoms with Crippen LogP contribution in [0.3, 0.4) is 0 Å². The summed E-state index contributed by atoms with van der Waals surface area (Å²) in [6.45, 7) is 3.41. The van der Waals surface area contributed by atoms with Gasteiger partial charge in [-0.1, -0.05) is 24.3 Å². The van der Waals surface area contributed by atoms with Gasteiger partial charge in [0.1, 0.15) is 12.6 Å². The minimum absolute atomic E-state index is 0.1000. The molecule has 3 heteroatoms. The first-order valence-corrected chi connectivity index (χ1v) is 5.60. The van der Waals surface area contributed by atoms with Crippen molar-refractivity contribution < 1.29 is 9.53 Å². The Morgan fingerprint density at radius 3 is 2.88 bits per heavy atom. The summed E-state index contributed by atoms with van der Waals surface area (Å²) < 4.78 is 5.09. The van der Waals surface area contributed by atoms with Crippen molar-refractivity contribution in [2.24, 2.45) is 0 Å². The van der Waals surface area contributed by atoms with E-state index in [0.29, 0.717) is 6.61 Å². The van der Waals surface area contributed by atoms with Crippen molar-refractivity contribution in [2.45, 2.75) is 19.4 Å². The minimum atomic E-state index is -0.130. The number of nitrogens with zero attached hydrogens (tertiary/aromatic N) is 1. The maximum Gasteiger partial charge on any atom is 0.323 e. The van der Waals surface area contributed by atoms with Gasteiger partial charge in [-0.3, -0.25) is 9.69 Å². The topological polar surface area (TPSA) is 29.5 Å². The van der Waals surface area contributed by atoms with E-state index in [-0.39, 0.29) is 12.0 Å². The van der Waals surface area contributed by atoms with Gasteiger partial charge in [0.15, 0.2) is 0 Å². The van der Waals surface area contributed by atoms with Crippen molar-refractivity contribution in [2.75, 3.05) is 20.2 Å². The highest BCUT2D eigenvalue weighted by Crippen LogP contribution is 2.15. The van der Waals surface area contributed by atoms with Gasteiger partial charge in [-0.25, -0.2) is 0 Å². The average Bonchev–Trinajstić information content (AvgIpc) is 2.26. The highest BCUT2D eigenvalue weighted by Gasteiger charge is 2.29. The van der Waals surface area contributed by atoms with Gasteiger partial charge in [0.25, 0.3) is 0 Å². The molecule has 0 unspecified atom stereocenters. The summed E-state index contributed by atoms with van der Waals surface area (Å²) >= 11 is 0. The van der Waals surface area contributed by atoms with Gasteiger partial charge in [-0.2, -0.15) is 0 Å². The summed E-state index contributed by atoms with van der Waals surface area (Å²) in [5.74, 6) is -0.1000. The number of rotatable bonds is 2. The number of hydrogen-bond acceptors (Lipinski definition) is 3. The SMILES string of the molecule is Cc1ccccc1C[C@H]1C(=O)OCCN1C. The van der Waals surface area contributed by atoms with Crippen LogP contribution in [-0.2, 0) is 16.0 Å². The van der Waals surface area contributed by atoms with Gasteiger partial charge in [-0.15, -0.1) is 0 Å². The van der Waals surface area contributed by atoms with E-state index in [1.165, 1.54) is 11.1 Å². The molecule has 1 aliphatic heterocycles. The Labute approximate surface area is 96.0 Å². The van der Waals surface area contributed by atoms with Crippen LogP contribution in [0, 0.1) is 6.92 Å². The van der Waals surface area contributed by atoms with E-state index < -0.39 is 0 Å². The lowest BCUT2D eigenvalue weighted by molar-refractivity contribution is -0.156. The predicted octanol–water partition coefficient (Wildman–Crippen LogP) is 1.39. The van der Waals surface area contributed by atoms with Crippen molar-refractivity contribution >= 4 is 5.97 Å². The van der Waals surface area contributed by atoms with Crippen LogP contribution >= 0.6 is 0 Å². The van der Waals surface area contributed by atoms with Gasteiger partial charge in [0.05, 0.1) is 0 Å². The third-order valence-corrected chi connectivity index (χ3v) is 3.17. The molecule has 2 rings (SSSR count). The first kappa shape index (κ1) is 11.1. The van der Waals surface area contributed by atoms with Gasteiger partial charge < -0.3 is 4.74 Å². The molecule has 1 atom stereocenters. The Balaban J connectivity index is 2.14. The molecule has 0 saturated carbocycles. The lowest BCUT2D eigenvalue weighted by Gasteiger charge is -2.31. The fourth-order valence-electron chi connectivity index (χ4n) is 2.01. The van der Waals surface area contributed by atoms with Crippen LogP contribution in [0.15, 0.2) is 24.3 Å². The second-order valence-corrected chi connectivity index (χ2v) is 4.29. The Morgan fingerprint density at radius 1 is 1.44 bits per heavy atom.